The van der Waals surface area contributed by atoms with Crippen LogP contribution in [-0.2, 0) is 0 Å². The Labute approximate surface area is 120 Å². The number of ether oxygens (including phenoxy) is 2. The maximum Gasteiger partial charge on any atom is 0.118 e. The van der Waals surface area contributed by atoms with Gasteiger partial charge in [0.2, 0.25) is 0 Å². The maximum atomic E-state index is 5.12. The molecule has 2 rings (SSSR count). The highest BCUT2D eigenvalue weighted by molar-refractivity contribution is 5.58. The van der Waals surface area contributed by atoms with E-state index in [9.17, 15) is 0 Å². The number of rotatable bonds is 5. The molecule has 102 valence electrons. The molecule has 0 saturated carbocycles. The minimum absolute atomic E-state index is 0.871. The molecule has 0 spiro atoms. The van der Waals surface area contributed by atoms with Gasteiger partial charge in [-0.2, -0.15) is 0 Å². The third-order valence-electron chi connectivity index (χ3n) is 2.92. The summed E-state index contributed by atoms with van der Waals surface area (Å²) in [7, 11) is 3.34. The zero-order valence-electron chi connectivity index (χ0n) is 11.7. The second kappa shape index (κ2) is 7.19. The molecule has 0 amide bonds. The van der Waals surface area contributed by atoms with Gasteiger partial charge >= 0.3 is 0 Å². The monoisotopic (exact) mass is 266 g/mol. The highest BCUT2D eigenvalue weighted by Gasteiger charge is 1.90. The predicted molar refractivity (Wildman–Crippen MR) is 84.1 cm³/mol. The summed E-state index contributed by atoms with van der Waals surface area (Å²) in [6, 6.07) is 15.9. The van der Waals surface area contributed by atoms with Gasteiger partial charge in [-0.25, -0.2) is 0 Å². The van der Waals surface area contributed by atoms with Gasteiger partial charge in [0.15, 0.2) is 0 Å². The van der Waals surface area contributed by atoms with Gasteiger partial charge in [-0.05, 0) is 35.4 Å². The molecule has 20 heavy (non-hydrogen) atoms. The summed E-state index contributed by atoms with van der Waals surface area (Å²) in [6.45, 7) is 0. The normalized spacial score (nSPS) is 11.1. The van der Waals surface area contributed by atoms with Gasteiger partial charge in [0.25, 0.3) is 0 Å². The van der Waals surface area contributed by atoms with Gasteiger partial charge in [-0.3, -0.25) is 0 Å². The molecule has 0 fully saturated rings. The summed E-state index contributed by atoms with van der Waals surface area (Å²) in [5, 5.41) is 0. The van der Waals surface area contributed by atoms with Crippen molar-refractivity contribution < 1.29 is 9.47 Å². The van der Waals surface area contributed by atoms with Crippen molar-refractivity contribution in [3.63, 3.8) is 0 Å². The van der Waals surface area contributed by atoms with E-state index in [1.165, 1.54) is 0 Å². The Bertz CT molecular complexity index is 522. The molecule has 0 radical (unpaired) electrons. The summed E-state index contributed by atoms with van der Waals surface area (Å²) in [5.41, 5.74) is 2.29. The Morgan fingerprint density at radius 1 is 0.600 bits per heavy atom. The van der Waals surface area contributed by atoms with Crippen molar-refractivity contribution in [2.45, 2.75) is 0 Å². The first kappa shape index (κ1) is 13.9. The summed E-state index contributed by atoms with van der Waals surface area (Å²) in [5.74, 6) is 1.74. The third kappa shape index (κ3) is 4.02. The second-order valence-corrected chi connectivity index (χ2v) is 4.26. The molecule has 2 heteroatoms. The Morgan fingerprint density at radius 2 is 0.950 bits per heavy atom. The van der Waals surface area contributed by atoms with Gasteiger partial charge in [-0.15, -0.1) is 0 Å². The van der Waals surface area contributed by atoms with Crippen LogP contribution in [-0.4, -0.2) is 14.2 Å². The van der Waals surface area contributed by atoms with Crippen LogP contribution < -0.4 is 9.47 Å². The number of hydrogen-bond acceptors (Lipinski definition) is 2. The lowest BCUT2D eigenvalue weighted by molar-refractivity contribution is 0.414. The lowest BCUT2D eigenvalue weighted by Gasteiger charge is -1.99. The minimum Gasteiger partial charge on any atom is -0.497 e. The average Bonchev–Trinajstić information content (AvgIpc) is 2.53. The molecular weight excluding hydrogens is 248 g/mol. The van der Waals surface area contributed by atoms with Gasteiger partial charge < -0.3 is 9.47 Å². The van der Waals surface area contributed by atoms with Crippen molar-refractivity contribution in [3.8, 4) is 11.5 Å². The first-order valence-electron chi connectivity index (χ1n) is 6.44. The molecule has 0 aliphatic carbocycles. The molecule has 0 heterocycles. The molecular formula is C18H18O2. The number of benzene rings is 2. The average molecular weight is 266 g/mol. The lowest BCUT2D eigenvalue weighted by atomic mass is 10.2. The number of hydrogen-bond donors (Lipinski definition) is 0. The highest BCUT2D eigenvalue weighted by atomic mass is 16.5. The fraction of sp³-hybridized carbons (Fsp3) is 0.111. The Kier molecular flexibility index (Phi) is 5.01. The molecule has 0 unspecified atom stereocenters. The van der Waals surface area contributed by atoms with E-state index in [-0.39, 0.29) is 0 Å². The molecule has 0 N–H and O–H groups in total. The fourth-order valence-corrected chi connectivity index (χ4v) is 1.76. The summed E-state index contributed by atoms with van der Waals surface area (Å²) in [4.78, 5) is 0. The molecule has 2 aromatic carbocycles. The molecule has 2 nitrogen and oxygen atoms in total. The first-order valence-corrected chi connectivity index (χ1v) is 6.44. The summed E-state index contributed by atoms with van der Waals surface area (Å²) < 4.78 is 10.2. The van der Waals surface area contributed by atoms with Crippen LogP contribution in [0.3, 0.4) is 0 Å². The van der Waals surface area contributed by atoms with Crippen molar-refractivity contribution in [1.82, 2.24) is 0 Å². The molecule has 0 saturated heterocycles. The van der Waals surface area contributed by atoms with Crippen molar-refractivity contribution in [1.29, 1.82) is 0 Å². The molecule has 0 aromatic heterocycles. The number of methoxy groups -OCH3 is 2. The third-order valence-corrected chi connectivity index (χ3v) is 2.92. The lowest BCUT2D eigenvalue weighted by Crippen LogP contribution is -1.81. The van der Waals surface area contributed by atoms with E-state index in [0.29, 0.717) is 0 Å². The smallest absolute Gasteiger partial charge is 0.118 e. The molecule has 2 aromatic rings. The molecule has 0 aliphatic heterocycles. The van der Waals surface area contributed by atoms with E-state index in [0.717, 1.165) is 22.6 Å². The van der Waals surface area contributed by atoms with Crippen molar-refractivity contribution in [2.24, 2.45) is 0 Å². The quantitative estimate of drug-likeness (QED) is 0.745. The maximum absolute atomic E-state index is 5.12. The van der Waals surface area contributed by atoms with Crippen LogP contribution in [0.25, 0.3) is 12.2 Å². The van der Waals surface area contributed by atoms with Crippen molar-refractivity contribution >= 4 is 12.2 Å². The Morgan fingerprint density at radius 3 is 1.25 bits per heavy atom. The minimum atomic E-state index is 0.871. The van der Waals surface area contributed by atoms with Crippen LogP contribution in [0.4, 0.5) is 0 Å². The van der Waals surface area contributed by atoms with Gasteiger partial charge in [0.05, 0.1) is 14.2 Å². The van der Waals surface area contributed by atoms with Crippen molar-refractivity contribution in [3.05, 3.63) is 71.8 Å². The SMILES string of the molecule is COc1ccc(C=C/C=C/c2ccc(OC)cc2)cc1. The van der Waals surface area contributed by atoms with E-state index in [4.69, 9.17) is 9.47 Å². The standard InChI is InChI=1S/C18H18O2/c1-19-17-11-7-15(8-12-17)5-3-4-6-16-9-13-18(20-2)14-10-16/h3-14H,1-2H3/b5-3+,6-4?. The highest BCUT2D eigenvalue weighted by Crippen LogP contribution is 2.14. The summed E-state index contributed by atoms with van der Waals surface area (Å²) >= 11 is 0. The van der Waals surface area contributed by atoms with E-state index in [2.05, 4.69) is 12.2 Å². The zero-order valence-corrected chi connectivity index (χ0v) is 11.7. The molecule has 0 atom stereocenters. The first-order chi connectivity index (χ1) is 9.81. The Balaban J connectivity index is 1.95. The largest absolute Gasteiger partial charge is 0.497 e. The van der Waals surface area contributed by atoms with E-state index < -0.39 is 0 Å². The van der Waals surface area contributed by atoms with Crippen LogP contribution in [0.1, 0.15) is 11.1 Å². The topological polar surface area (TPSA) is 18.5 Å². The van der Waals surface area contributed by atoms with E-state index in [1.54, 1.807) is 14.2 Å². The predicted octanol–water partition coefficient (Wildman–Crippen LogP) is 4.43. The van der Waals surface area contributed by atoms with Gasteiger partial charge in [-0.1, -0.05) is 48.6 Å². The van der Waals surface area contributed by atoms with Crippen LogP contribution in [0.15, 0.2) is 60.7 Å². The van der Waals surface area contributed by atoms with E-state index >= 15 is 0 Å². The zero-order chi connectivity index (χ0) is 14.2. The number of allylic oxidation sites excluding steroid dienone is 2. The molecule has 0 bridgehead atoms. The Hall–Kier alpha value is -2.48. The second-order valence-electron chi connectivity index (χ2n) is 4.26. The fourth-order valence-electron chi connectivity index (χ4n) is 1.76. The van der Waals surface area contributed by atoms with Crippen LogP contribution in [0, 0.1) is 0 Å². The van der Waals surface area contributed by atoms with Crippen molar-refractivity contribution in [2.75, 3.05) is 14.2 Å². The van der Waals surface area contributed by atoms with E-state index in [1.807, 2.05) is 60.7 Å². The van der Waals surface area contributed by atoms with Crippen LogP contribution in [0.5, 0.6) is 11.5 Å². The molecule has 0 aliphatic rings. The van der Waals surface area contributed by atoms with Crippen LogP contribution >= 0.6 is 0 Å². The van der Waals surface area contributed by atoms with Crippen LogP contribution in [0.2, 0.25) is 0 Å². The van der Waals surface area contributed by atoms with Gasteiger partial charge in [0.1, 0.15) is 11.5 Å². The summed E-state index contributed by atoms with van der Waals surface area (Å²) in [6.07, 6.45) is 8.15. The van der Waals surface area contributed by atoms with Gasteiger partial charge in [0, 0.05) is 0 Å².